The number of esters is 1. The molecule has 0 aliphatic heterocycles. The molecule has 0 aliphatic carbocycles. The standard InChI is InChI=1S/C11H8BrFN2O3/c1-6-14-10(18-15-6)5-17-11(16)8-3-2-7(13)4-9(8)12/h2-4H,5H2,1H3. The van der Waals surface area contributed by atoms with Gasteiger partial charge in [0.15, 0.2) is 12.4 Å². The van der Waals surface area contributed by atoms with Gasteiger partial charge in [0.05, 0.1) is 5.56 Å². The van der Waals surface area contributed by atoms with Gasteiger partial charge >= 0.3 is 5.97 Å². The minimum absolute atomic E-state index is 0.122. The maximum absolute atomic E-state index is 12.8. The number of halogens is 2. The van der Waals surface area contributed by atoms with E-state index in [2.05, 4.69) is 26.1 Å². The lowest BCUT2D eigenvalue weighted by atomic mass is 10.2. The largest absolute Gasteiger partial charge is 0.452 e. The van der Waals surface area contributed by atoms with E-state index in [1.54, 1.807) is 6.92 Å². The molecule has 0 N–H and O–H groups in total. The Labute approximate surface area is 110 Å². The third-order valence-corrected chi connectivity index (χ3v) is 2.70. The number of rotatable bonds is 3. The van der Waals surface area contributed by atoms with Crippen LogP contribution in [0.15, 0.2) is 27.2 Å². The molecule has 2 rings (SSSR count). The SMILES string of the molecule is Cc1noc(COC(=O)c2ccc(F)cc2Br)n1. The molecule has 5 nitrogen and oxygen atoms in total. The van der Waals surface area contributed by atoms with Gasteiger partial charge in [-0.1, -0.05) is 5.16 Å². The summed E-state index contributed by atoms with van der Waals surface area (Å²) in [6.45, 7) is 1.54. The van der Waals surface area contributed by atoms with Gasteiger partial charge in [-0.05, 0) is 41.1 Å². The maximum Gasteiger partial charge on any atom is 0.339 e. The van der Waals surface area contributed by atoms with Crippen LogP contribution in [0.1, 0.15) is 22.1 Å². The van der Waals surface area contributed by atoms with Crippen LogP contribution in [-0.4, -0.2) is 16.1 Å². The van der Waals surface area contributed by atoms with E-state index in [1.807, 2.05) is 0 Å². The molecule has 0 saturated heterocycles. The summed E-state index contributed by atoms with van der Waals surface area (Å²) < 4.78 is 22.9. The van der Waals surface area contributed by atoms with Crippen LogP contribution in [-0.2, 0) is 11.3 Å². The summed E-state index contributed by atoms with van der Waals surface area (Å²) in [5.74, 6) is -0.369. The molecule has 94 valence electrons. The first kappa shape index (κ1) is 12.7. The molecule has 0 unspecified atom stereocenters. The van der Waals surface area contributed by atoms with Crippen molar-refractivity contribution in [2.45, 2.75) is 13.5 Å². The maximum atomic E-state index is 12.8. The Morgan fingerprint density at radius 2 is 2.33 bits per heavy atom. The highest BCUT2D eigenvalue weighted by atomic mass is 79.9. The number of aromatic nitrogens is 2. The number of aryl methyl sites for hydroxylation is 1. The van der Waals surface area contributed by atoms with Crippen molar-refractivity contribution in [1.29, 1.82) is 0 Å². The minimum Gasteiger partial charge on any atom is -0.452 e. The number of hydrogen-bond donors (Lipinski definition) is 0. The van der Waals surface area contributed by atoms with Crippen LogP contribution < -0.4 is 0 Å². The summed E-state index contributed by atoms with van der Waals surface area (Å²) in [6.07, 6.45) is 0. The van der Waals surface area contributed by atoms with Crippen molar-refractivity contribution < 1.29 is 18.4 Å². The number of ether oxygens (including phenoxy) is 1. The van der Waals surface area contributed by atoms with E-state index in [0.717, 1.165) is 0 Å². The average molecular weight is 315 g/mol. The van der Waals surface area contributed by atoms with Gasteiger partial charge in [-0.25, -0.2) is 9.18 Å². The fourth-order valence-corrected chi connectivity index (χ4v) is 1.77. The Balaban J connectivity index is 2.03. The molecule has 2 aromatic rings. The molecular formula is C11H8BrFN2O3. The van der Waals surface area contributed by atoms with E-state index in [1.165, 1.54) is 18.2 Å². The van der Waals surface area contributed by atoms with Crippen molar-refractivity contribution in [3.8, 4) is 0 Å². The summed E-state index contributed by atoms with van der Waals surface area (Å²) in [6, 6.07) is 3.70. The van der Waals surface area contributed by atoms with Gasteiger partial charge in [0, 0.05) is 4.47 Å². The first-order chi connectivity index (χ1) is 8.56. The van der Waals surface area contributed by atoms with Gasteiger partial charge in [0.1, 0.15) is 5.82 Å². The Morgan fingerprint density at radius 3 is 2.94 bits per heavy atom. The lowest BCUT2D eigenvalue weighted by Gasteiger charge is -2.04. The molecule has 1 heterocycles. The number of benzene rings is 1. The first-order valence-corrected chi connectivity index (χ1v) is 5.77. The summed E-state index contributed by atoms with van der Waals surface area (Å²) in [4.78, 5) is 15.6. The molecule has 0 bridgehead atoms. The highest BCUT2D eigenvalue weighted by Crippen LogP contribution is 2.19. The van der Waals surface area contributed by atoms with E-state index < -0.39 is 11.8 Å². The van der Waals surface area contributed by atoms with Crippen molar-refractivity contribution in [1.82, 2.24) is 10.1 Å². The zero-order valence-corrected chi connectivity index (χ0v) is 10.9. The van der Waals surface area contributed by atoms with Crippen LogP contribution in [0.25, 0.3) is 0 Å². The lowest BCUT2D eigenvalue weighted by molar-refractivity contribution is 0.0428. The molecule has 0 atom stereocenters. The summed E-state index contributed by atoms with van der Waals surface area (Å²) in [5.41, 5.74) is 0.229. The van der Waals surface area contributed by atoms with Crippen molar-refractivity contribution in [3.05, 3.63) is 45.8 Å². The number of carbonyl (C=O) groups excluding carboxylic acids is 1. The predicted molar refractivity (Wildman–Crippen MR) is 62.3 cm³/mol. The predicted octanol–water partition coefficient (Wildman–Crippen LogP) is 2.64. The molecule has 0 radical (unpaired) electrons. The summed E-state index contributed by atoms with van der Waals surface area (Å²) in [5, 5.41) is 3.56. The zero-order valence-electron chi connectivity index (χ0n) is 9.31. The van der Waals surface area contributed by atoms with Crippen molar-refractivity contribution in [3.63, 3.8) is 0 Å². The van der Waals surface area contributed by atoms with Crippen LogP contribution in [0.5, 0.6) is 0 Å². The quantitative estimate of drug-likeness (QED) is 0.815. The van der Waals surface area contributed by atoms with Crippen LogP contribution in [0.2, 0.25) is 0 Å². The fourth-order valence-electron chi connectivity index (χ4n) is 1.26. The van der Waals surface area contributed by atoms with Gasteiger partial charge < -0.3 is 9.26 Å². The van der Waals surface area contributed by atoms with Gasteiger partial charge in [-0.2, -0.15) is 4.98 Å². The molecule has 0 spiro atoms. The Bertz CT molecular complexity index is 585. The van der Waals surface area contributed by atoms with E-state index in [0.29, 0.717) is 10.3 Å². The van der Waals surface area contributed by atoms with Crippen molar-refractivity contribution in [2.75, 3.05) is 0 Å². The highest BCUT2D eigenvalue weighted by molar-refractivity contribution is 9.10. The van der Waals surface area contributed by atoms with Crippen molar-refractivity contribution >= 4 is 21.9 Å². The molecule has 18 heavy (non-hydrogen) atoms. The molecule has 0 aliphatic rings. The molecule has 1 aromatic carbocycles. The van der Waals surface area contributed by atoms with E-state index >= 15 is 0 Å². The summed E-state index contributed by atoms with van der Waals surface area (Å²) >= 11 is 3.09. The zero-order chi connectivity index (χ0) is 13.1. The van der Waals surface area contributed by atoms with Crippen molar-refractivity contribution in [2.24, 2.45) is 0 Å². The normalized spacial score (nSPS) is 10.4. The van der Waals surface area contributed by atoms with Gasteiger partial charge in [0.2, 0.25) is 0 Å². The molecule has 1 aromatic heterocycles. The van der Waals surface area contributed by atoms with E-state index in [-0.39, 0.29) is 18.1 Å². The van der Waals surface area contributed by atoms with Gasteiger partial charge in [0.25, 0.3) is 5.89 Å². The number of carbonyl (C=O) groups is 1. The average Bonchev–Trinajstić information content (AvgIpc) is 2.72. The third kappa shape index (κ3) is 2.92. The fraction of sp³-hybridized carbons (Fsp3) is 0.182. The van der Waals surface area contributed by atoms with Crippen LogP contribution in [0.3, 0.4) is 0 Å². The smallest absolute Gasteiger partial charge is 0.339 e. The Morgan fingerprint density at radius 1 is 1.56 bits per heavy atom. The highest BCUT2D eigenvalue weighted by Gasteiger charge is 2.14. The summed E-state index contributed by atoms with van der Waals surface area (Å²) in [7, 11) is 0. The molecular weight excluding hydrogens is 307 g/mol. The number of nitrogens with zero attached hydrogens (tertiary/aromatic N) is 2. The number of hydrogen-bond acceptors (Lipinski definition) is 5. The van der Waals surface area contributed by atoms with Crippen LogP contribution in [0, 0.1) is 12.7 Å². The van der Waals surface area contributed by atoms with E-state index in [4.69, 9.17) is 9.26 Å². The second kappa shape index (κ2) is 5.26. The Kier molecular flexibility index (Phi) is 3.71. The topological polar surface area (TPSA) is 65.2 Å². The van der Waals surface area contributed by atoms with Crippen LogP contribution >= 0.6 is 15.9 Å². The second-order valence-electron chi connectivity index (χ2n) is 3.44. The monoisotopic (exact) mass is 314 g/mol. The molecule has 0 fully saturated rings. The second-order valence-corrected chi connectivity index (χ2v) is 4.29. The van der Waals surface area contributed by atoms with Crippen LogP contribution in [0.4, 0.5) is 4.39 Å². The van der Waals surface area contributed by atoms with E-state index in [9.17, 15) is 9.18 Å². The molecule has 0 saturated carbocycles. The Hall–Kier alpha value is -1.76. The molecule has 7 heteroatoms. The first-order valence-electron chi connectivity index (χ1n) is 4.97. The van der Waals surface area contributed by atoms with Gasteiger partial charge in [-0.3, -0.25) is 0 Å². The molecule has 0 amide bonds. The minimum atomic E-state index is -0.599. The van der Waals surface area contributed by atoms with Gasteiger partial charge in [-0.15, -0.1) is 0 Å². The lowest BCUT2D eigenvalue weighted by Crippen LogP contribution is -2.06. The third-order valence-electron chi connectivity index (χ3n) is 2.05.